The first-order valence-electron chi connectivity index (χ1n) is 10.4. The van der Waals surface area contributed by atoms with Gasteiger partial charge in [-0.3, -0.25) is 29.4 Å². The lowest BCUT2D eigenvalue weighted by atomic mass is 9.90. The van der Waals surface area contributed by atoms with Crippen molar-refractivity contribution < 1.29 is 19.3 Å². The molecule has 2 aliphatic rings. The zero-order chi connectivity index (χ0) is 24.0. The lowest BCUT2D eigenvalue weighted by Gasteiger charge is -2.29. The van der Waals surface area contributed by atoms with Crippen molar-refractivity contribution in [3.8, 4) is 0 Å². The van der Waals surface area contributed by atoms with E-state index in [4.69, 9.17) is 28.0 Å². The minimum absolute atomic E-state index is 0.118. The van der Waals surface area contributed by atoms with Crippen LogP contribution < -0.4 is 5.06 Å². The molecule has 3 atom stereocenters. The Hall–Kier alpha value is -3.46. The molecule has 10 heteroatoms. The molecule has 34 heavy (non-hydrogen) atoms. The zero-order valence-corrected chi connectivity index (χ0v) is 19.0. The van der Waals surface area contributed by atoms with Crippen LogP contribution in [0.3, 0.4) is 0 Å². The summed E-state index contributed by atoms with van der Waals surface area (Å²) in [5, 5.41) is 13.4. The summed E-state index contributed by atoms with van der Waals surface area (Å²) < 4.78 is 0. The summed E-state index contributed by atoms with van der Waals surface area (Å²) >= 11 is 12.6. The third-order valence-electron chi connectivity index (χ3n) is 5.97. The van der Waals surface area contributed by atoms with Gasteiger partial charge in [-0.15, -0.1) is 0 Å². The Bertz CT molecular complexity index is 1300. The number of non-ortho nitro benzene ring substituents is 1. The van der Waals surface area contributed by atoms with Crippen molar-refractivity contribution in [2.75, 3.05) is 5.06 Å². The number of benzene rings is 3. The van der Waals surface area contributed by atoms with Crippen LogP contribution in [-0.2, 0) is 21.0 Å². The molecule has 3 aromatic carbocycles. The number of carbonyl (C=O) groups is 2. The Kier molecular flexibility index (Phi) is 5.73. The highest BCUT2D eigenvalue weighted by atomic mass is 35.5. The summed E-state index contributed by atoms with van der Waals surface area (Å²) in [4.78, 5) is 44.8. The second-order valence-corrected chi connectivity index (χ2v) is 8.86. The van der Waals surface area contributed by atoms with Crippen molar-refractivity contribution in [2.24, 2.45) is 5.92 Å². The molecule has 2 amide bonds. The average Bonchev–Trinajstić information content (AvgIpc) is 3.32. The highest BCUT2D eigenvalue weighted by Crippen LogP contribution is 2.49. The van der Waals surface area contributed by atoms with Crippen LogP contribution in [0.25, 0.3) is 0 Å². The molecule has 0 spiro atoms. The van der Waals surface area contributed by atoms with Gasteiger partial charge >= 0.3 is 0 Å². The van der Waals surface area contributed by atoms with Gasteiger partial charge in [0.1, 0.15) is 5.92 Å². The van der Waals surface area contributed by atoms with E-state index in [1.165, 1.54) is 28.2 Å². The van der Waals surface area contributed by atoms with Crippen LogP contribution in [0.15, 0.2) is 72.8 Å². The van der Waals surface area contributed by atoms with Crippen molar-refractivity contribution >= 4 is 46.4 Å². The summed E-state index contributed by atoms with van der Waals surface area (Å²) in [5.41, 5.74) is 1.51. The second kappa shape index (κ2) is 8.72. The van der Waals surface area contributed by atoms with Crippen LogP contribution in [0.1, 0.15) is 17.2 Å². The third-order valence-corrected chi connectivity index (χ3v) is 6.53. The van der Waals surface area contributed by atoms with Gasteiger partial charge in [0.05, 0.1) is 23.2 Å². The van der Waals surface area contributed by atoms with E-state index in [0.717, 1.165) is 5.56 Å². The van der Waals surface area contributed by atoms with Gasteiger partial charge in [-0.2, -0.15) is 0 Å². The van der Waals surface area contributed by atoms with Gasteiger partial charge in [-0.25, -0.2) is 5.06 Å². The molecule has 2 fully saturated rings. The number of halogens is 2. The molecule has 0 saturated carbocycles. The first kappa shape index (κ1) is 22.3. The Morgan fingerprint density at radius 2 is 1.71 bits per heavy atom. The lowest BCUT2D eigenvalue weighted by molar-refractivity contribution is -0.384. The fraction of sp³-hybridized carbons (Fsp3) is 0.167. The Morgan fingerprint density at radius 3 is 2.41 bits per heavy atom. The maximum Gasteiger partial charge on any atom is 0.271 e. The number of nitro groups is 1. The highest BCUT2D eigenvalue weighted by Gasteiger charge is 2.60. The topological polar surface area (TPSA) is 93.0 Å². The number of nitrogens with zero attached hydrogens (tertiary/aromatic N) is 3. The fourth-order valence-electron chi connectivity index (χ4n) is 4.42. The minimum atomic E-state index is -1.09. The smallest absolute Gasteiger partial charge is 0.271 e. The van der Waals surface area contributed by atoms with E-state index < -0.39 is 34.8 Å². The number of hydroxylamine groups is 1. The summed E-state index contributed by atoms with van der Waals surface area (Å²) in [6, 6.07) is 19.0. The fourth-order valence-corrected chi connectivity index (χ4v) is 4.94. The van der Waals surface area contributed by atoms with Crippen molar-refractivity contribution in [1.29, 1.82) is 0 Å². The Morgan fingerprint density at radius 1 is 0.941 bits per heavy atom. The molecule has 0 aliphatic carbocycles. The SMILES string of the molecule is O=C1[C@H]2[C@@H](c3ccc(Cl)cc3Cl)N(c3cccc([N+](=O)[O-])c3)O[C@H]2C(=O)N1Cc1ccccc1. The normalized spacial score (nSPS) is 21.8. The first-order chi connectivity index (χ1) is 16.3. The summed E-state index contributed by atoms with van der Waals surface area (Å²) in [6.07, 6.45) is -1.09. The molecule has 172 valence electrons. The largest absolute Gasteiger partial charge is 0.275 e. The molecule has 5 rings (SSSR count). The summed E-state index contributed by atoms with van der Waals surface area (Å²) in [5.74, 6) is -1.76. The maximum atomic E-state index is 13.5. The van der Waals surface area contributed by atoms with Gasteiger partial charge in [0.15, 0.2) is 6.10 Å². The molecule has 2 saturated heterocycles. The second-order valence-electron chi connectivity index (χ2n) is 8.01. The van der Waals surface area contributed by atoms with Crippen LogP contribution in [0.2, 0.25) is 10.0 Å². The average molecular weight is 498 g/mol. The van der Waals surface area contributed by atoms with E-state index >= 15 is 0 Å². The first-order valence-corrected chi connectivity index (χ1v) is 11.2. The molecule has 0 bridgehead atoms. The van der Waals surface area contributed by atoms with E-state index in [0.29, 0.717) is 21.3 Å². The lowest BCUT2D eigenvalue weighted by Crippen LogP contribution is -2.37. The quantitative estimate of drug-likeness (QED) is 0.281. The number of nitro benzene ring substituents is 1. The highest BCUT2D eigenvalue weighted by molar-refractivity contribution is 6.35. The standard InChI is InChI=1S/C24H17Cl2N3O5/c25-15-9-10-18(19(26)11-15)21-20-22(34-28(21)16-7-4-8-17(12-16)29(32)33)24(31)27(23(20)30)13-14-5-2-1-3-6-14/h1-12,20-22H,13H2/t20-,21+,22+/m0/s1. The molecular weight excluding hydrogens is 481 g/mol. The Labute approximate surface area is 204 Å². The molecule has 0 aromatic heterocycles. The molecule has 3 aromatic rings. The molecule has 2 aliphatic heterocycles. The molecule has 8 nitrogen and oxygen atoms in total. The van der Waals surface area contributed by atoms with E-state index in [-0.39, 0.29) is 12.2 Å². The monoisotopic (exact) mass is 497 g/mol. The number of rotatable bonds is 5. The van der Waals surface area contributed by atoms with Gasteiger partial charge in [-0.1, -0.05) is 65.7 Å². The van der Waals surface area contributed by atoms with Gasteiger partial charge in [-0.05, 0) is 29.3 Å². The van der Waals surface area contributed by atoms with Crippen molar-refractivity contribution in [3.63, 3.8) is 0 Å². The van der Waals surface area contributed by atoms with Crippen LogP contribution >= 0.6 is 23.2 Å². The number of likely N-dealkylation sites (tertiary alicyclic amines) is 1. The molecular formula is C24H17Cl2N3O5. The van der Waals surface area contributed by atoms with Crippen molar-refractivity contribution in [1.82, 2.24) is 4.90 Å². The number of amides is 2. The summed E-state index contributed by atoms with van der Waals surface area (Å²) in [6.45, 7) is 0.118. The van der Waals surface area contributed by atoms with E-state index in [2.05, 4.69) is 0 Å². The van der Waals surface area contributed by atoms with Gasteiger partial charge in [0, 0.05) is 22.2 Å². The number of anilines is 1. The molecule has 0 unspecified atom stereocenters. The van der Waals surface area contributed by atoms with Crippen LogP contribution in [-0.4, -0.2) is 27.7 Å². The van der Waals surface area contributed by atoms with Crippen LogP contribution in [0.4, 0.5) is 11.4 Å². The van der Waals surface area contributed by atoms with E-state index in [9.17, 15) is 19.7 Å². The van der Waals surface area contributed by atoms with E-state index in [1.54, 1.807) is 24.3 Å². The number of imide groups is 1. The third kappa shape index (κ3) is 3.79. The zero-order valence-electron chi connectivity index (χ0n) is 17.5. The number of carbonyl (C=O) groups excluding carboxylic acids is 2. The van der Waals surface area contributed by atoms with Crippen LogP contribution in [0.5, 0.6) is 0 Å². The van der Waals surface area contributed by atoms with Gasteiger partial charge in [0.2, 0.25) is 5.91 Å². The molecule has 2 heterocycles. The van der Waals surface area contributed by atoms with Gasteiger partial charge < -0.3 is 0 Å². The Balaban J connectivity index is 1.57. The number of fused-ring (bicyclic) bond motifs is 1. The van der Waals surface area contributed by atoms with Gasteiger partial charge in [0.25, 0.3) is 11.6 Å². The summed E-state index contributed by atoms with van der Waals surface area (Å²) in [7, 11) is 0. The van der Waals surface area contributed by atoms with Crippen LogP contribution in [0, 0.1) is 16.0 Å². The van der Waals surface area contributed by atoms with Crippen molar-refractivity contribution in [2.45, 2.75) is 18.7 Å². The molecule has 0 radical (unpaired) electrons. The van der Waals surface area contributed by atoms with Crippen molar-refractivity contribution in [3.05, 3.63) is 104 Å². The predicted octanol–water partition coefficient (Wildman–Crippen LogP) is 4.95. The minimum Gasteiger partial charge on any atom is -0.275 e. The van der Waals surface area contributed by atoms with E-state index in [1.807, 2.05) is 30.3 Å². The predicted molar refractivity (Wildman–Crippen MR) is 125 cm³/mol. The number of hydrogen-bond acceptors (Lipinski definition) is 6. The number of hydrogen-bond donors (Lipinski definition) is 0. The maximum absolute atomic E-state index is 13.5. The molecule has 0 N–H and O–H groups in total.